The van der Waals surface area contributed by atoms with E-state index in [1.54, 1.807) is 18.2 Å². The quantitative estimate of drug-likeness (QED) is 0.376. The number of benzene rings is 3. The van der Waals surface area contributed by atoms with Crippen molar-refractivity contribution in [2.75, 3.05) is 31.1 Å². The van der Waals surface area contributed by atoms with Crippen molar-refractivity contribution in [3.8, 4) is 22.9 Å². The van der Waals surface area contributed by atoms with Crippen molar-refractivity contribution in [2.24, 2.45) is 0 Å². The molecule has 4 heterocycles. The Morgan fingerprint density at radius 1 is 0.973 bits per heavy atom. The van der Waals surface area contributed by atoms with Gasteiger partial charge in [0.2, 0.25) is 0 Å². The maximum absolute atomic E-state index is 16.4. The van der Waals surface area contributed by atoms with Gasteiger partial charge in [-0.25, -0.2) is 4.39 Å². The number of piperazine rings is 1. The highest BCUT2D eigenvalue weighted by Crippen LogP contribution is 2.38. The number of nitrogens with zero attached hydrogens (tertiary/aromatic N) is 3. The van der Waals surface area contributed by atoms with E-state index in [2.05, 4.69) is 20.5 Å². The van der Waals surface area contributed by atoms with E-state index >= 15 is 4.39 Å². The fourth-order valence-electron chi connectivity index (χ4n) is 6.20. The average molecular weight is 500 g/mol. The van der Waals surface area contributed by atoms with Crippen LogP contribution in [0.5, 0.6) is 11.8 Å². The topological polar surface area (TPSA) is 82.5 Å². The van der Waals surface area contributed by atoms with Crippen LogP contribution in [0.1, 0.15) is 25.7 Å². The summed E-state index contributed by atoms with van der Waals surface area (Å²) in [6.07, 6.45) is 4.45. The van der Waals surface area contributed by atoms with Gasteiger partial charge in [-0.1, -0.05) is 30.3 Å². The van der Waals surface area contributed by atoms with Crippen LogP contribution in [0.3, 0.4) is 0 Å². The summed E-state index contributed by atoms with van der Waals surface area (Å²) in [6.45, 7) is 3.09. The molecule has 3 aliphatic rings. The summed E-state index contributed by atoms with van der Waals surface area (Å²) in [5, 5.41) is 19.9. The lowest BCUT2D eigenvalue weighted by molar-refractivity contribution is 0.258. The van der Waals surface area contributed by atoms with E-state index in [4.69, 9.17) is 9.72 Å². The first-order chi connectivity index (χ1) is 18.1. The minimum absolute atomic E-state index is 0.0981. The van der Waals surface area contributed by atoms with Gasteiger partial charge in [0.05, 0.1) is 0 Å². The number of ether oxygens (including phenoxy) is 1. The Labute approximate surface area is 214 Å². The molecular weight excluding hydrogens is 469 g/mol. The van der Waals surface area contributed by atoms with Crippen molar-refractivity contribution < 1.29 is 14.2 Å². The van der Waals surface area contributed by atoms with E-state index < -0.39 is 5.82 Å². The van der Waals surface area contributed by atoms with Gasteiger partial charge in [0, 0.05) is 42.2 Å². The van der Waals surface area contributed by atoms with Gasteiger partial charge in [-0.3, -0.25) is 0 Å². The van der Waals surface area contributed by atoms with Gasteiger partial charge in [-0.2, -0.15) is 9.97 Å². The Morgan fingerprint density at radius 3 is 2.62 bits per heavy atom. The van der Waals surface area contributed by atoms with Gasteiger partial charge in [0.1, 0.15) is 23.7 Å². The lowest BCUT2D eigenvalue weighted by Gasteiger charge is -2.34. The molecule has 3 atom stereocenters. The molecule has 3 saturated heterocycles. The number of aromatic nitrogens is 2. The smallest absolute Gasteiger partial charge is 0.319 e. The summed E-state index contributed by atoms with van der Waals surface area (Å²) in [5.74, 6) is 0.392. The fourth-order valence-corrected chi connectivity index (χ4v) is 6.20. The van der Waals surface area contributed by atoms with Gasteiger partial charge >= 0.3 is 6.01 Å². The Bertz CT molecular complexity index is 1480. The summed E-state index contributed by atoms with van der Waals surface area (Å²) in [5.41, 5.74) is 1.27. The fraction of sp³-hybridized carbons (Fsp3) is 0.379. The molecule has 7 rings (SSSR count). The van der Waals surface area contributed by atoms with Crippen LogP contribution in [0, 0.1) is 5.82 Å². The van der Waals surface area contributed by atoms with Crippen molar-refractivity contribution in [1.82, 2.24) is 20.6 Å². The third kappa shape index (κ3) is 4.14. The molecule has 190 valence electrons. The predicted molar refractivity (Wildman–Crippen MR) is 143 cm³/mol. The maximum Gasteiger partial charge on any atom is 0.319 e. The summed E-state index contributed by atoms with van der Waals surface area (Å²) in [6, 6.07) is 16.0. The summed E-state index contributed by atoms with van der Waals surface area (Å²) < 4.78 is 22.4. The van der Waals surface area contributed by atoms with Crippen LogP contribution in [-0.4, -0.2) is 59.4 Å². The van der Waals surface area contributed by atoms with E-state index in [0.717, 1.165) is 61.9 Å². The number of phenolic OH excluding ortho intramolecular Hbond substituents is 1. The number of hydrogen-bond donors (Lipinski definition) is 3. The van der Waals surface area contributed by atoms with Crippen molar-refractivity contribution in [3.05, 3.63) is 54.3 Å². The molecule has 2 bridgehead atoms. The number of rotatable bonds is 5. The number of halogens is 1. The Morgan fingerprint density at radius 2 is 1.81 bits per heavy atom. The van der Waals surface area contributed by atoms with Gasteiger partial charge in [-0.15, -0.1) is 0 Å². The monoisotopic (exact) mass is 499 g/mol. The van der Waals surface area contributed by atoms with E-state index in [1.807, 2.05) is 30.3 Å². The van der Waals surface area contributed by atoms with E-state index in [1.165, 1.54) is 0 Å². The zero-order valence-corrected chi connectivity index (χ0v) is 20.6. The molecule has 1 aromatic heterocycles. The molecule has 0 spiro atoms. The molecule has 0 saturated carbocycles. The van der Waals surface area contributed by atoms with Crippen LogP contribution < -0.4 is 20.3 Å². The van der Waals surface area contributed by atoms with Crippen molar-refractivity contribution in [3.63, 3.8) is 0 Å². The highest BCUT2D eigenvalue weighted by molar-refractivity contribution is 6.01. The molecule has 0 amide bonds. The molecule has 2 unspecified atom stereocenters. The molecule has 4 aromatic rings. The number of aromatic hydroxyl groups is 1. The van der Waals surface area contributed by atoms with Crippen molar-refractivity contribution >= 4 is 27.5 Å². The van der Waals surface area contributed by atoms with E-state index in [-0.39, 0.29) is 23.3 Å². The van der Waals surface area contributed by atoms with Crippen LogP contribution in [0.2, 0.25) is 0 Å². The van der Waals surface area contributed by atoms with Crippen LogP contribution in [0.25, 0.3) is 32.8 Å². The van der Waals surface area contributed by atoms with Gasteiger partial charge in [-0.05, 0) is 66.8 Å². The lowest BCUT2D eigenvalue weighted by Crippen LogP contribution is -2.51. The summed E-state index contributed by atoms with van der Waals surface area (Å²) >= 11 is 0. The molecule has 3 aromatic carbocycles. The minimum atomic E-state index is -0.432. The highest BCUT2D eigenvalue weighted by Gasteiger charge is 2.34. The lowest BCUT2D eigenvalue weighted by atomic mass is 9.96. The second-order valence-electron chi connectivity index (χ2n) is 10.5. The third-order valence-corrected chi connectivity index (χ3v) is 7.99. The Kier molecular flexibility index (Phi) is 5.59. The van der Waals surface area contributed by atoms with E-state index in [0.29, 0.717) is 35.2 Å². The standard InChI is InChI=1S/C29H30FN5O2/c30-26-23(25-13-21(36)12-17-4-1-2-6-22(17)25)9-10-24-27(26)33-29(37-16-20-5-3-11-31-20)34-28(24)35-14-18-7-8-19(15-35)32-18/h1-2,4,6,9-10,12-13,18-20,31-32,36H,3,5,7-8,11,14-16H2/t18?,19?,20-/m0/s1. The second-order valence-corrected chi connectivity index (χ2v) is 10.5. The first-order valence-electron chi connectivity index (χ1n) is 13.2. The first kappa shape index (κ1) is 22.7. The van der Waals surface area contributed by atoms with Gasteiger partial charge < -0.3 is 25.4 Å². The number of fused-ring (bicyclic) bond motifs is 4. The van der Waals surface area contributed by atoms with Crippen molar-refractivity contribution in [1.29, 1.82) is 0 Å². The number of hydrogen-bond acceptors (Lipinski definition) is 7. The molecule has 0 radical (unpaired) electrons. The minimum Gasteiger partial charge on any atom is -0.508 e. The molecule has 0 aliphatic carbocycles. The summed E-state index contributed by atoms with van der Waals surface area (Å²) in [4.78, 5) is 11.7. The normalized spacial score (nSPS) is 23.3. The predicted octanol–water partition coefficient (Wildman–Crippen LogP) is 4.37. The maximum atomic E-state index is 16.4. The number of nitrogens with one attached hydrogen (secondary N) is 2. The van der Waals surface area contributed by atoms with Crippen LogP contribution >= 0.6 is 0 Å². The number of anilines is 1. The zero-order valence-electron chi connectivity index (χ0n) is 20.6. The molecule has 3 aliphatic heterocycles. The molecular formula is C29H30FN5O2. The van der Waals surface area contributed by atoms with Crippen LogP contribution in [0.15, 0.2) is 48.5 Å². The highest BCUT2D eigenvalue weighted by atomic mass is 19.1. The van der Waals surface area contributed by atoms with Crippen LogP contribution in [-0.2, 0) is 0 Å². The van der Waals surface area contributed by atoms with Crippen molar-refractivity contribution in [2.45, 2.75) is 43.8 Å². The third-order valence-electron chi connectivity index (χ3n) is 7.99. The molecule has 8 heteroatoms. The molecule has 7 nitrogen and oxygen atoms in total. The molecule has 37 heavy (non-hydrogen) atoms. The largest absolute Gasteiger partial charge is 0.508 e. The molecule has 3 fully saturated rings. The Balaban J connectivity index is 1.36. The summed E-state index contributed by atoms with van der Waals surface area (Å²) in [7, 11) is 0. The first-order valence-corrected chi connectivity index (χ1v) is 13.2. The van der Waals surface area contributed by atoms with Gasteiger partial charge in [0.15, 0.2) is 5.82 Å². The molecule has 3 N–H and O–H groups in total. The van der Waals surface area contributed by atoms with Crippen LogP contribution in [0.4, 0.5) is 10.2 Å². The van der Waals surface area contributed by atoms with E-state index in [9.17, 15) is 5.11 Å². The average Bonchev–Trinajstić information content (AvgIpc) is 3.56. The second kappa shape index (κ2) is 9.11. The van der Waals surface area contributed by atoms with Gasteiger partial charge in [0.25, 0.3) is 0 Å². The SMILES string of the molecule is Oc1cc(-c2ccc3c(N4CC5CCC(C4)N5)nc(OC[C@@H]4CCCN4)nc3c2F)c2ccccc2c1. The number of phenols is 1. The Hall–Kier alpha value is -3.49. The zero-order chi connectivity index (χ0) is 24.9.